The fraction of sp³-hybridized carbons (Fsp3) is 0.217. The van der Waals surface area contributed by atoms with Crippen LogP contribution < -0.4 is 0 Å². The fourth-order valence-corrected chi connectivity index (χ4v) is 2.96. The lowest BCUT2D eigenvalue weighted by molar-refractivity contribution is -0.121. The highest BCUT2D eigenvalue weighted by molar-refractivity contribution is 6.07. The minimum Gasteiger partial charge on any atom is -0.350 e. The van der Waals surface area contributed by atoms with Gasteiger partial charge in [0.2, 0.25) is 0 Å². The van der Waals surface area contributed by atoms with Crippen LogP contribution in [0, 0.1) is 5.92 Å². The van der Waals surface area contributed by atoms with Gasteiger partial charge >= 0.3 is 0 Å². The third kappa shape index (κ3) is 3.83. The van der Waals surface area contributed by atoms with Gasteiger partial charge in [-0.15, -0.1) is 0 Å². The summed E-state index contributed by atoms with van der Waals surface area (Å²) < 4.78 is 2.06. The van der Waals surface area contributed by atoms with Crippen molar-refractivity contribution < 1.29 is 9.59 Å². The van der Waals surface area contributed by atoms with Crippen LogP contribution in [0.2, 0.25) is 0 Å². The Morgan fingerprint density at radius 3 is 2.42 bits per heavy atom. The molecule has 0 N–H and O–H groups in total. The van der Waals surface area contributed by atoms with E-state index >= 15 is 0 Å². The average Bonchev–Trinajstić information content (AvgIpc) is 2.96. The van der Waals surface area contributed by atoms with Crippen molar-refractivity contribution in [3.63, 3.8) is 0 Å². The number of para-hydroxylation sites is 1. The first-order valence-corrected chi connectivity index (χ1v) is 8.84. The van der Waals surface area contributed by atoms with Crippen LogP contribution in [-0.2, 0) is 18.3 Å². The van der Waals surface area contributed by atoms with Gasteiger partial charge in [-0.05, 0) is 23.8 Å². The lowest BCUT2D eigenvalue weighted by Crippen LogP contribution is -2.10. The van der Waals surface area contributed by atoms with Crippen LogP contribution in [0.4, 0.5) is 0 Å². The zero-order chi connectivity index (χ0) is 18.7. The number of aryl methyl sites for hydroxylation is 1. The number of Topliss-reactive ketones (excluding diaryl/α,β-unsaturated/α-hetero) is 1. The number of aromatic nitrogens is 1. The molecule has 0 bridgehead atoms. The van der Waals surface area contributed by atoms with Crippen molar-refractivity contribution in [1.29, 1.82) is 0 Å². The van der Waals surface area contributed by atoms with Gasteiger partial charge in [0.15, 0.2) is 5.78 Å². The van der Waals surface area contributed by atoms with Gasteiger partial charge in [-0.3, -0.25) is 9.59 Å². The van der Waals surface area contributed by atoms with Crippen molar-refractivity contribution in [2.24, 2.45) is 13.0 Å². The number of ketones is 2. The molecule has 0 aliphatic carbocycles. The molecule has 1 aromatic heterocycles. The van der Waals surface area contributed by atoms with Crippen molar-refractivity contribution in [3.8, 4) is 0 Å². The second-order valence-corrected chi connectivity index (χ2v) is 6.90. The van der Waals surface area contributed by atoms with Crippen molar-refractivity contribution >= 4 is 28.5 Å². The second-order valence-electron chi connectivity index (χ2n) is 6.90. The highest BCUT2D eigenvalue weighted by atomic mass is 16.1. The molecule has 132 valence electrons. The van der Waals surface area contributed by atoms with Crippen LogP contribution in [0.3, 0.4) is 0 Å². The number of nitrogens with zero attached hydrogens (tertiary/aromatic N) is 1. The number of benzene rings is 2. The molecule has 0 fully saturated rings. The van der Waals surface area contributed by atoms with Gasteiger partial charge < -0.3 is 4.57 Å². The first kappa shape index (κ1) is 17.9. The maximum atomic E-state index is 12.4. The van der Waals surface area contributed by atoms with E-state index in [2.05, 4.69) is 16.7 Å². The SMILES string of the molecule is CC(C)C(=O)Cc1ccc(C(=O)/C=C/c2cn(C)c3ccccc23)cc1. The summed E-state index contributed by atoms with van der Waals surface area (Å²) in [6, 6.07) is 15.4. The van der Waals surface area contributed by atoms with Crippen LogP contribution in [0.15, 0.2) is 60.8 Å². The Bertz CT molecular complexity index is 975. The molecule has 0 saturated heterocycles. The molecule has 0 aliphatic rings. The van der Waals surface area contributed by atoms with Crippen molar-refractivity contribution in [3.05, 3.63) is 77.5 Å². The summed E-state index contributed by atoms with van der Waals surface area (Å²) in [5, 5.41) is 1.13. The molecule has 0 saturated carbocycles. The fourth-order valence-electron chi connectivity index (χ4n) is 2.96. The highest BCUT2D eigenvalue weighted by Gasteiger charge is 2.09. The van der Waals surface area contributed by atoms with E-state index < -0.39 is 0 Å². The number of hydrogen-bond donors (Lipinski definition) is 0. The largest absolute Gasteiger partial charge is 0.350 e. The molecule has 0 spiro atoms. The Labute approximate surface area is 154 Å². The monoisotopic (exact) mass is 345 g/mol. The van der Waals surface area contributed by atoms with Gasteiger partial charge in [-0.2, -0.15) is 0 Å². The van der Waals surface area contributed by atoms with Gasteiger partial charge in [0.25, 0.3) is 0 Å². The van der Waals surface area contributed by atoms with E-state index in [1.54, 1.807) is 18.2 Å². The molecule has 0 unspecified atom stereocenters. The number of hydrogen-bond acceptors (Lipinski definition) is 2. The van der Waals surface area contributed by atoms with E-state index in [-0.39, 0.29) is 17.5 Å². The average molecular weight is 345 g/mol. The predicted molar refractivity (Wildman–Crippen MR) is 106 cm³/mol. The van der Waals surface area contributed by atoms with Gasteiger partial charge in [-0.1, -0.05) is 56.3 Å². The summed E-state index contributed by atoms with van der Waals surface area (Å²) in [7, 11) is 2.00. The Morgan fingerprint density at radius 2 is 1.73 bits per heavy atom. The zero-order valence-electron chi connectivity index (χ0n) is 15.4. The maximum absolute atomic E-state index is 12.4. The van der Waals surface area contributed by atoms with E-state index in [0.717, 1.165) is 22.0 Å². The summed E-state index contributed by atoms with van der Waals surface area (Å²) in [4.78, 5) is 24.3. The summed E-state index contributed by atoms with van der Waals surface area (Å²) in [5.41, 5.74) is 3.73. The maximum Gasteiger partial charge on any atom is 0.185 e. The highest BCUT2D eigenvalue weighted by Crippen LogP contribution is 2.21. The molecule has 2 aromatic carbocycles. The molecule has 26 heavy (non-hydrogen) atoms. The topological polar surface area (TPSA) is 39.1 Å². The van der Waals surface area contributed by atoms with Crippen molar-refractivity contribution in [2.75, 3.05) is 0 Å². The molecule has 3 heteroatoms. The predicted octanol–water partition coefficient (Wildman–Crippen LogP) is 4.84. The molecule has 3 aromatic rings. The van der Waals surface area contributed by atoms with E-state index in [1.807, 2.05) is 57.4 Å². The summed E-state index contributed by atoms with van der Waals surface area (Å²) in [6.07, 6.45) is 5.91. The number of fused-ring (bicyclic) bond motifs is 1. The summed E-state index contributed by atoms with van der Waals surface area (Å²) in [5.74, 6) is 0.194. The Morgan fingerprint density at radius 1 is 1.04 bits per heavy atom. The minimum atomic E-state index is -0.0420. The third-order valence-electron chi connectivity index (χ3n) is 4.60. The smallest absolute Gasteiger partial charge is 0.185 e. The molecular formula is C23H23NO2. The molecule has 3 rings (SSSR count). The first-order chi connectivity index (χ1) is 12.5. The Kier molecular flexibility index (Phi) is 5.17. The van der Waals surface area contributed by atoms with Gasteiger partial charge in [0, 0.05) is 47.6 Å². The molecule has 0 radical (unpaired) electrons. The van der Waals surface area contributed by atoms with Gasteiger partial charge in [0.1, 0.15) is 5.78 Å². The number of carbonyl (C=O) groups excluding carboxylic acids is 2. The van der Waals surface area contributed by atoms with E-state index in [1.165, 1.54) is 0 Å². The molecule has 0 atom stereocenters. The van der Waals surface area contributed by atoms with Crippen LogP contribution >= 0.6 is 0 Å². The van der Waals surface area contributed by atoms with Crippen molar-refractivity contribution in [1.82, 2.24) is 4.57 Å². The van der Waals surface area contributed by atoms with E-state index in [0.29, 0.717) is 12.0 Å². The van der Waals surface area contributed by atoms with Gasteiger partial charge in [0.05, 0.1) is 0 Å². The molecular weight excluding hydrogens is 322 g/mol. The van der Waals surface area contributed by atoms with Crippen LogP contribution in [-0.4, -0.2) is 16.1 Å². The summed E-state index contributed by atoms with van der Waals surface area (Å²) >= 11 is 0. The second kappa shape index (κ2) is 7.52. The Hall–Kier alpha value is -2.94. The quantitative estimate of drug-likeness (QED) is 0.473. The minimum absolute atomic E-state index is 0.0277. The van der Waals surface area contributed by atoms with E-state index in [9.17, 15) is 9.59 Å². The lowest BCUT2D eigenvalue weighted by Gasteiger charge is -2.04. The first-order valence-electron chi connectivity index (χ1n) is 8.84. The zero-order valence-corrected chi connectivity index (χ0v) is 15.4. The third-order valence-corrected chi connectivity index (χ3v) is 4.60. The molecule has 0 amide bonds. The standard InChI is InChI=1S/C23H23NO2/c1-16(2)23(26)14-17-8-10-18(11-9-17)22(25)13-12-19-15-24(3)21-7-5-4-6-20(19)21/h4-13,15-16H,14H2,1-3H3/b13-12+. The number of carbonyl (C=O) groups is 2. The molecule has 0 aliphatic heterocycles. The van der Waals surface area contributed by atoms with Crippen LogP contribution in [0.25, 0.3) is 17.0 Å². The summed E-state index contributed by atoms with van der Waals surface area (Å²) in [6.45, 7) is 3.80. The lowest BCUT2D eigenvalue weighted by atomic mass is 9.99. The Balaban J connectivity index is 1.75. The molecule has 1 heterocycles. The number of allylic oxidation sites excluding steroid dienone is 1. The van der Waals surface area contributed by atoms with Crippen molar-refractivity contribution in [2.45, 2.75) is 20.3 Å². The van der Waals surface area contributed by atoms with E-state index in [4.69, 9.17) is 0 Å². The van der Waals surface area contributed by atoms with Crippen LogP contribution in [0.1, 0.15) is 35.3 Å². The van der Waals surface area contributed by atoms with Gasteiger partial charge in [-0.25, -0.2) is 0 Å². The number of rotatable bonds is 6. The normalized spacial score (nSPS) is 11.5. The van der Waals surface area contributed by atoms with Crippen LogP contribution in [0.5, 0.6) is 0 Å². The molecule has 3 nitrogen and oxygen atoms in total.